The van der Waals surface area contributed by atoms with Crippen LogP contribution in [0.1, 0.15) is 47.3 Å². The molecule has 5 rings (SSSR count). The normalized spacial score (nSPS) is 15.6. The predicted octanol–water partition coefficient (Wildman–Crippen LogP) is 5.95. The fraction of sp³-hybridized carbons (Fsp3) is 0.250. The Morgan fingerprint density at radius 2 is 1.95 bits per heavy atom. The third-order valence-corrected chi connectivity index (χ3v) is 7.29. The Balaban J connectivity index is 1.68. The van der Waals surface area contributed by atoms with Gasteiger partial charge in [-0.25, -0.2) is 4.98 Å². The van der Waals surface area contributed by atoms with Crippen LogP contribution in [-0.2, 0) is 11.2 Å². The number of carbonyl (C=O) groups is 2. The monoisotopic (exact) mass is 518 g/mol. The number of methoxy groups -OCH3 is 1. The molecule has 1 N–H and O–H groups in total. The number of carbonyl (C=O) groups excluding carboxylic acids is 2. The van der Waals surface area contributed by atoms with Crippen molar-refractivity contribution in [3.05, 3.63) is 82.5 Å². The van der Waals surface area contributed by atoms with Crippen molar-refractivity contribution in [3.63, 3.8) is 0 Å². The Morgan fingerprint density at radius 1 is 1.14 bits per heavy atom. The lowest BCUT2D eigenvalue weighted by Crippen LogP contribution is -2.31. The van der Waals surface area contributed by atoms with E-state index >= 15 is 0 Å². The average molecular weight is 519 g/mol. The number of anilines is 1. The summed E-state index contributed by atoms with van der Waals surface area (Å²) in [5.41, 5.74) is 2.35. The van der Waals surface area contributed by atoms with E-state index in [9.17, 15) is 14.7 Å². The molecule has 1 atom stereocenters. The standard InChI is InChI=1S/C28H26N2O6S/c1-5-16-8-10-18-22(13-16)37-28(29-18)30-24(17-9-12-19(35-6-2)21(14-17)34-4)23(26(32)27(30)33)25(31)20-11-7-15(3)36-20/h7-14,24,32H,5-6H2,1-4H3/t24-/m1/s1. The van der Waals surface area contributed by atoms with Crippen molar-refractivity contribution in [1.82, 2.24) is 4.98 Å². The van der Waals surface area contributed by atoms with Crippen molar-refractivity contribution in [2.75, 3.05) is 18.6 Å². The second kappa shape index (κ2) is 9.74. The van der Waals surface area contributed by atoms with Gasteiger partial charge in [0.05, 0.1) is 35.5 Å². The minimum absolute atomic E-state index is 0.0356. The summed E-state index contributed by atoms with van der Waals surface area (Å²) in [4.78, 5) is 33.2. The lowest BCUT2D eigenvalue weighted by Gasteiger charge is -2.25. The zero-order chi connectivity index (χ0) is 26.3. The number of thiazole rings is 1. The highest BCUT2D eigenvalue weighted by Crippen LogP contribution is 2.46. The minimum atomic E-state index is -0.957. The van der Waals surface area contributed by atoms with Gasteiger partial charge in [-0.2, -0.15) is 0 Å². The van der Waals surface area contributed by atoms with Crippen molar-refractivity contribution in [1.29, 1.82) is 0 Å². The number of aryl methyl sites for hydroxylation is 2. The van der Waals surface area contributed by atoms with E-state index in [-0.39, 0.29) is 11.3 Å². The van der Waals surface area contributed by atoms with E-state index in [4.69, 9.17) is 13.9 Å². The number of aliphatic hydroxyl groups excluding tert-OH is 1. The third kappa shape index (κ3) is 4.25. The Labute approximate surface area is 217 Å². The van der Waals surface area contributed by atoms with Gasteiger partial charge in [0.15, 0.2) is 28.1 Å². The van der Waals surface area contributed by atoms with Gasteiger partial charge in [-0.15, -0.1) is 0 Å². The number of Topliss-reactive ketones (excluding diaryl/α,β-unsaturated/α-hetero) is 1. The number of ether oxygens (including phenoxy) is 2. The molecular formula is C28H26N2O6S. The maximum absolute atomic E-state index is 13.6. The summed E-state index contributed by atoms with van der Waals surface area (Å²) in [7, 11) is 1.52. The van der Waals surface area contributed by atoms with Crippen LogP contribution in [0.2, 0.25) is 0 Å². The van der Waals surface area contributed by atoms with Gasteiger partial charge < -0.3 is 19.0 Å². The second-order valence-corrected chi connectivity index (χ2v) is 9.58. The van der Waals surface area contributed by atoms with E-state index in [2.05, 4.69) is 11.9 Å². The van der Waals surface area contributed by atoms with Gasteiger partial charge in [-0.05, 0) is 67.8 Å². The van der Waals surface area contributed by atoms with E-state index in [0.717, 1.165) is 22.2 Å². The van der Waals surface area contributed by atoms with Crippen LogP contribution in [0.4, 0.5) is 5.13 Å². The van der Waals surface area contributed by atoms with Crippen LogP contribution in [0.3, 0.4) is 0 Å². The molecule has 2 aromatic heterocycles. The number of aliphatic hydroxyl groups is 1. The van der Waals surface area contributed by atoms with E-state index in [1.807, 2.05) is 25.1 Å². The number of fused-ring (bicyclic) bond motifs is 1. The average Bonchev–Trinajstić information content (AvgIpc) is 3.59. The molecule has 1 aliphatic heterocycles. The molecule has 2 aromatic carbocycles. The van der Waals surface area contributed by atoms with Gasteiger partial charge >= 0.3 is 0 Å². The SMILES string of the molecule is CCOc1ccc([C@@H]2C(C(=O)c3ccc(C)o3)=C(O)C(=O)N2c2nc3ccc(CC)cc3s2)cc1OC. The fourth-order valence-corrected chi connectivity index (χ4v) is 5.50. The van der Waals surface area contributed by atoms with Gasteiger partial charge in [-0.3, -0.25) is 14.5 Å². The van der Waals surface area contributed by atoms with Gasteiger partial charge in [-0.1, -0.05) is 30.4 Å². The molecule has 37 heavy (non-hydrogen) atoms. The number of nitrogens with zero attached hydrogens (tertiary/aromatic N) is 2. The van der Waals surface area contributed by atoms with Crippen molar-refractivity contribution < 1.29 is 28.6 Å². The number of ketones is 1. The first kappa shape index (κ1) is 24.6. The Morgan fingerprint density at radius 3 is 2.62 bits per heavy atom. The number of hydrogen-bond acceptors (Lipinski definition) is 8. The lowest BCUT2D eigenvalue weighted by atomic mass is 9.95. The van der Waals surface area contributed by atoms with E-state index in [1.165, 1.54) is 29.4 Å². The lowest BCUT2D eigenvalue weighted by molar-refractivity contribution is -0.117. The van der Waals surface area contributed by atoms with Crippen LogP contribution >= 0.6 is 11.3 Å². The Bertz CT molecular complexity index is 1550. The zero-order valence-electron chi connectivity index (χ0n) is 20.9. The third-order valence-electron chi connectivity index (χ3n) is 6.28. The van der Waals surface area contributed by atoms with E-state index < -0.39 is 23.5 Å². The van der Waals surface area contributed by atoms with Gasteiger partial charge in [0.1, 0.15) is 5.76 Å². The maximum atomic E-state index is 13.6. The van der Waals surface area contributed by atoms with E-state index in [1.54, 1.807) is 31.2 Å². The van der Waals surface area contributed by atoms with Gasteiger partial charge in [0, 0.05) is 0 Å². The Kier molecular flexibility index (Phi) is 6.47. The fourth-order valence-electron chi connectivity index (χ4n) is 4.45. The first-order valence-corrected chi connectivity index (χ1v) is 12.8. The molecule has 8 nitrogen and oxygen atoms in total. The summed E-state index contributed by atoms with van der Waals surface area (Å²) in [5.74, 6) is -0.372. The molecule has 1 aliphatic rings. The molecule has 3 heterocycles. The predicted molar refractivity (Wildman–Crippen MR) is 141 cm³/mol. The minimum Gasteiger partial charge on any atom is -0.503 e. The van der Waals surface area contributed by atoms with Crippen LogP contribution in [0.15, 0.2) is 64.3 Å². The Hall–Kier alpha value is -4.11. The molecule has 0 unspecified atom stereocenters. The molecule has 0 aliphatic carbocycles. The van der Waals surface area contributed by atoms with E-state index in [0.29, 0.717) is 34.6 Å². The highest BCUT2D eigenvalue weighted by Gasteiger charge is 2.46. The largest absolute Gasteiger partial charge is 0.503 e. The van der Waals surface area contributed by atoms with Crippen LogP contribution in [0.5, 0.6) is 11.5 Å². The van der Waals surface area contributed by atoms with Crippen molar-refractivity contribution in [2.24, 2.45) is 0 Å². The molecular weight excluding hydrogens is 492 g/mol. The van der Waals surface area contributed by atoms with Crippen LogP contribution in [0.25, 0.3) is 10.2 Å². The maximum Gasteiger partial charge on any atom is 0.296 e. The smallest absolute Gasteiger partial charge is 0.296 e. The van der Waals surface area contributed by atoms with Crippen LogP contribution < -0.4 is 14.4 Å². The first-order chi connectivity index (χ1) is 17.9. The number of aromatic nitrogens is 1. The van der Waals surface area contributed by atoms with Crippen molar-refractivity contribution in [3.8, 4) is 11.5 Å². The number of benzene rings is 2. The van der Waals surface area contributed by atoms with Crippen LogP contribution in [0, 0.1) is 6.92 Å². The molecule has 4 aromatic rings. The van der Waals surface area contributed by atoms with Crippen LogP contribution in [-0.4, -0.2) is 35.5 Å². The molecule has 0 spiro atoms. The molecule has 0 radical (unpaired) electrons. The zero-order valence-corrected chi connectivity index (χ0v) is 21.7. The summed E-state index contributed by atoms with van der Waals surface area (Å²) < 4.78 is 17.6. The summed E-state index contributed by atoms with van der Waals surface area (Å²) in [6, 6.07) is 13.4. The number of hydrogen-bond donors (Lipinski definition) is 1. The number of furan rings is 1. The molecule has 0 saturated heterocycles. The summed E-state index contributed by atoms with van der Waals surface area (Å²) in [6.07, 6.45) is 0.865. The highest BCUT2D eigenvalue weighted by atomic mass is 32.1. The van der Waals surface area contributed by atoms with Gasteiger partial charge in [0.25, 0.3) is 5.91 Å². The molecule has 0 fully saturated rings. The molecule has 0 saturated carbocycles. The molecule has 0 bridgehead atoms. The summed E-state index contributed by atoms with van der Waals surface area (Å²) in [6.45, 7) is 6.10. The van der Waals surface area contributed by atoms with Gasteiger partial charge in [0.2, 0.25) is 5.78 Å². The highest BCUT2D eigenvalue weighted by molar-refractivity contribution is 7.22. The summed E-state index contributed by atoms with van der Waals surface area (Å²) in [5, 5.41) is 11.4. The molecule has 9 heteroatoms. The second-order valence-electron chi connectivity index (χ2n) is 8.57. The quantitative estimate of drug-likeness (QED) is 0.288. The number of amides is 1. The topological polar surface area (TPSA) is 102 Å². The first-order valence-electron chi connectivity index (χ1n) is 11.9. The summed E-state index contributed by atoms with van der Waals surface area (Å²) >= 11 is 1.33. The van der Waals surface area contributed by atoms with Crippen molar-refractivity contribution in [2.45, 2.75) is 33.2 Å². The number of rotatable bonds is 8. The van der Waals surface area contributed by atoms with Crippen molar-refractivity contribution >= 4 is 38.4 Å². The molecule has 190 valence electrons. The molecule has 1 amide bonds.